The van der Waals surface area contributed by atoms with Crippen LogP contribution in [0.1, 0.15) is 34.1 Å². The largest absolute Gasteiger partial charge is 0.288 e. The van der Waals surface area contributed by atoms with Crippen LogP contribution in [-0.4, -0.2) is 12.5 Å². The Labute approximate surface area is 86.4 Å². The van der Waals surface area contributed by atoms with Crippen LogP contribution in [0.15, 0.2) is 11.1 Å². The molecule has 0 saturated carbocycles. The molecule has 3 nitrogen and oxygen atoms in total. The number of hydrogen-bond acceptors (Lipinski definition) is 2. The normalized spacial score (nSPS) is 8.62. The number of allylic oxidation sites excluding steroid dienone is 1. The first-order chi connectivity index (χ1) is 5.59. The molecule has 0 aromatic rings. The van der Waals surface area contributed by atoms with Crippen LogP contribution in [0.3, 0.4) is 0 Å². The Bertz CT molecular complexity index is 186. The predicted octanol–water partition coefficient (Wildman–Crippen LogP) is 1.80. The van der Waals surface area contributed by atoms with Crippen molar-refractivity contribution in [1.82, 2.24) is 10.9 Å². The van der Waals surface area contributed by atoms with Crippen molar-refractivity contribution in [1.29, 1.82) is 0 Å². The number of hydrazine groups is 1. The van der Waals surface area contributed by atoms with E-state index in [1.807, 2.05) is 27.7 Å². The van der Waals surface area contributed by atoms with E-state index in [1.54, 1.807) is 0 Å². The van der Waals surface area contributed by atoms with Crippen molar-refractivity contribution in [2.45, 2.75) is 34.1 Å². The average molecular weight is 207 g/mol. The van der Waals surface area contributed by atoms with Gasteiger partial charge in [-0.3, -0.25) is 10.2 Å². The van der Waals surface area contributed by atoms with E-state index in [2.05, 4.69) is 10.9 Å². The fraction of sp³-hybridized carbons (Fsp3) is 0.667. The molecular formula is C9H19ClN2O. The first-order valence-electron chi connectivity index (χ1n) is 4.26. The lowest BCUT2D eigenvalue weighted by Gasteiger charge is -2.06. The van der Waals surface area contributed by atoms with Gasteiger partial charge in [0.05, 0.1) is 0 Å². The van der Waals surface area contributed by atoms with Gasteiger partial charge in [0.25, 0.3) is 5.91 Å². The maximum Gasteiger partial charge on any atom is 0.260 e. The fourth-order valence-corrected chi connectivity index (χ4v) is 0.589. The second-order valence-electron chi connectivity index (χ2n) is 3.01. The van der Waals surface area contributed by atoms with E-state index in [0.717, 1.165) is 24.1 Å². The number of nitrogens with one attached hydrogen (secondary N) is 2. The molecule has 0 aliphatic heterocycles. The average Bonchev–Trinajstić information content (AvgIpc) is 2.03. The Morgan fingerprint density at radius 3 is 2.15 bits per heavy atom. The summed E-state index contributed by atoms with van der Waals surface area (Å²) in [5.41, 5.74) is 7.28. The molecule has 0 fully saturated rings. The molecule has 0 aromatic carbocycles. The van der Waals surface area contributed by atoms with Crippen LogP contribution in [0.4, 0.5) is 0 Å². The van der Waals surface area contributed by atoms with Gasteiger partial charge in [-0.1, -0.05) is 12.5 Å². The summed E-state index contributed by atoms with van der Waals surface area (Å²) in [5, 5.41) is 0. The van der Waals surface area contributed by atoms with Gasteiger partial charge in [-0.25, -0.2) is 5.43 Å². The quantitative estimate of drug-likeness (QED) is 0.419. The van der Waals surface area contributed by atoms with E-state index in [0.29, 0.717) is 0 Å². The molecule has 0 aromatic heterocycles. The van der Waals surface area contributed by atoms with Gasteiger partial charge in [-0.2, -0.15) is 0 Å². The van der Waals surface area contributed by atoms with Gasteiger partial charge in [0.1, 0.15) is 0 Å². The zero-order chi connectivity index (χ0) is 9.56. The lowest BCUT2D eigenvalue weighted by molar-refractivity contribution is -0.118. The molecular weight excluding hydrogens is 188 g/mol. The van der Waals surface area contributed by atoms with Crippen LogP contribution in [0.5, 0.6) is 0 Å². The van der Waals surface area contributed by atoms with Crippen molar-refractivity contribution in [2.24, 2.45) is 0 Å². The summed E-state index contributed by atoms with van der Waals surface area (Å²) >= 11 is 0. The van der Waals surface area contributed by atoms with E-state index >= 15 is 0 Å². The first-order valence-corrected chi connectivity index (χ1v) is 4.26. The molecule has 0 spiro atoms. The first kappa shape index (κ1) is 15.0. The van der Waals surface area contributed by atoms with E-state index in [9.17, 15) is 4.79 Å². The third-order valence-corrected chi connectivity index (χ3v) is 1.67. The highest BCUT2D eigenvalue weighted by molar-refractivity contribution is 5.93. The van der Waals surface area contributed by atoms with Crippen molar-refractivity contribution in [3.63, 3.8) is 0 Å². The maximum absolute atomic E-state index is 11.2. The van der Waals surface area contributed by atoms with Gasteiger partial charge in [0, 0.05) is 12.1 Å². The molecule has 4 heteroatoms. The Kier molecular flexibility index (Phi) is 9.29. The summed E-state index contributed by atoms with van der Waals surface area (Å²) in [7, 11) is 0. The van der Waals surface area contributed by atoms with Gasteiger partial charge in [0.2, 0.25) is 0 Å². The van der Waals surface area contributed by atoms with Crippen molar-refractivity contribution >= 4 is 18.3 Å². The second kappa shape index (κ2) is 8.08. The summed E-state index contributed by atoms with van der Waals surface area (Å²) in [6.07, 6.45) is 1.01. The smallest absolute Gasteiger partial charge is 0.260 e. The van der Waals surface area contributed by atoms with E-state index in [1.165, 1.54) is 0 Å². The molecule has 0 radical (unpaired) electrons. The maximum atomic E-state index is 11.2. The molecule has 78 valence electrons. The number of carbonyl (C=O) groups excluding carboxylic acids is 1. The number of rotatable bonds is 4. The Balaban J connectivity index is 0. The number of halogens is 1. The van der Waals surface area contributed by atoms with Gasteiger partial charge < -0.3 is 0 Å². The van der Waals surface area contributed by atoms with Gasteiger partial charge in [0.15, 0.2) is 0 Å². The topological polar surface area (TPSA) is 41.1 Å². The zero-order valence-electron chi connectivity index (χ0n) is 8.73. The third-order valence-electron chi connectivity index (χ3n) is 1.67. The molecule has 2 N–H and O–H groups in total. The van der Waals surface area contributed by atoms with Crippen molar-refractivity contribution in [3.8, 4) is 0 Å². The minimum atomic E-state index is -0.0385. The molecule has 13 heavy (non-hydrogen) atoms. The molecule has 0 rings (SSSR count). The second-order valence-corrected chi connectivity index (χ2v) is 3.01. The monoisotopic (exact) mass is 206 g/mol. The van der Waals surface area contributed by atoms with E-state index in [4.69, 9.17) is 0 Å². The number of carbonyl (C=O) groups is 1. The fourth-order valence-electron chi connectivity index (χ4n) is 0.589. The highest BCUT2D eigenvalue weighted by atomic mass is 35.5. The van der Waals surface area contributed by atoms with Crippen LogP contribution in [-0.2, 0) is 4.79 Å². The third kappa shape index (κ3) is 6.61. The summed E-state index contributed by atoms with van der Waals surface area (Å²) in [6.45, 7) is 8.52. The highest BCUT2D eigenvalue weighted by Crippen LogP contribution is 2.00. The van der Waals surface area contributed by atoms with Crippen molar-refractivity contribution in [3.05, 3.63) is 11.1 Å². The molecule has 0 saturated heterocycles. The Morgan fingerprint density at radius 2 is 1.77 bits per heavy atom. The van der Waals surface area contributed by atoms with Gasteiger partial charge in [-0.15, -0.1) is 12.4 Å². The summed E-state index contributed by atoms with van der Waals surface area (Å²) in [6, 6.07) is 0. The highest BCUT2D eigenvalue weighted by Gasteiger charge is 2.02. The minimum absolute atomic E-state index is 0. The number of hydrogen-bond donors (Lipinski definition) is 2. The van der Waals surface area contributed by atoms with Crippen molar-refractivity contribution < 1.29 is 4.79 Å². The van der Waals surface area contributed by atoms with E-state index < -0.39 is 0 Å². The Morgan fingerprint density at radius 1 is 1.23 bits per heavy atom. The lowest BCUT2D eigenvalue weighted by atomic mass is 10.2. The zero-order valence-corrected chi connectivity index (χ0v) is 9.55. The van der Waals surface area contributed by atoms with Crippen molar-refractivity contribution in [2.75, 3.05) is 6.54 Å². The molecule has 1 amide bonds. The van der Waals surface area contributed by atoms with Crippen LogP contribution in [0.2, 0.25) is 0 Å². The molecule has 0 heterocycles. The molecule has 0 aliphatic rings. The van der Waals surface area contributed by atoms with E-state index in [-0.39, 0.29) is 18.3 Å². The predicted molar refractivity (Wildman–Crippen MR) is 57.7 cm³/mol. The molecule has 0 atom stereocenters. The molecule has 0 bridgehead atoms. The van der Waals surface area contributed by atoms with Crippen LogP contribution < -0.4 is 10.9 Å². The number of amides is 1. The van der Waals surface area contributed by atoms with Crippen LogP contribution in [0.25, 0.3) is 0 Å². The van der Waals surface area contributed by atoms with Crippen LogP contribution >= 0.6 is 12.4 Å². The molecule has 0 aliphatic carbocycles. The minimum Gasteiger partial charge on any atom is -0.288 e. The summed E-state index contributed by atoms with van der Waals surface area (Å²) in [5.74, 6) is -0.0385. The molecule has 0 unspecified atom stereocenters. The van der Waals surface area contributed by atoms with Crippen LogP contribution in [0, 0.1) is 0 Å². The summed E-state index contributed by atoms with van der Waals surface area (Å²) in [4.78, 5) is 11.2. The van der Waals surface area contributed by atoms with Gasteiger partial charge >= 0.3 is 0 Å². The standard InChI is InChI=1S/C9H18N2O.ClH/c1-5-6-10-11-9(12)8(4)7(2)3;/h10H,5-6H2,1-4H3,(H,11,12);1H. The van der Waals surface area contributed by atoms with Gasteiger partial charge in [-0.05, 0) is 27.2 Å². The Hall–Kier alpha value is -0.540. The summed E-state index contributed by atoms with van der Waals surface area (Å²) < 4.78 is 0. The lowest BCUT2D eigenvalue weighted by Crippen LogP contribution is -2.38. The SMILES string of the molecule is CCCNNC(=O)C(C)=C(C)C.Cl.